The number of carbonyl (C=O) groups excluding carboxylic acids is 1. The van der Waals surface area contributed by atoms with Gasteiger partial charge in [-0.15, -0.1) is 0 Å². The third-order valence-corrected chi connectivity index (χ3v) is 4.79. The Morgan fingerprint density at radius 3 is 2.80 bits per heavy atom. The third-order valence-electron chi connectivity index (χ3n) is 4.79. The minimum atomic E-state index is -4.49. The van der Waals surface area contributed by atoms with Gasteiger partial charge in [-0.3, -0.25) is 9.78 Å². The fourth-order valence-corrected chi connectivity index (χ4v) is 3.33. The number of halogens is 3. The molecule has 0 saturated carbocycles. The number of hydrogen-bond acceptors (Lipinski definition) is 4. The molecule has 0 aromatic carbocycles. The SMILES string of the molecule is O=C(NCc1ccc(C(F)(F)F)nc1)C1=C2C=CC=CN2C(Cc2ccc[nH+]c2)N1. The molecule has 2 aliphatic heterocycles. The summed E-state index contributed by atoms with van der Waals surface area (Å²) < 4.78 is 37.9. The van der Waals surface area contributed by atoms with Gasteiger partial charge in [0.2, 0.25) is 0 Å². The number of pyridine rings is 2. The molecule has 0 spiro atoms. The molecule has 0 saturated heterocycles. The molecule has 30 heavy (non-hydrogen) atoms. The number of fused-ring (bicyclic) bond motifs is 1. The molecule has 0 radical (unpaired) electrons. The van der Waals surface area contributed by atoms with E-state index in [2.05, 4.69) is 20.6 Å². The first-order valence-electron chi connectivity index (χ1n) is 9.31. The van der Waals surface area contributed by atoms with Crippen LogP contribution in [0.2, 0.25) is 0 Å². The average molecular weight is 414 g/mol. The van der Waals surface area contributed by atoms with E-state index in [4.69, 9.17) is 0 Å². The van der Waals surface area contributed by atoms with Crippen LogP contribution in [-0.4, -0.2) is 22.0 Å². The summed E-state index contributed by atoms with van der Waals surface area (Å²) in [5.41, 5.74) is 1.75. The second-order valence-electron chi connectivity index (χ2n) is 6.88. The number of H-pyrrole nitrogens is 1. The van der Waals surface area contributed by atoms with E-state index in [-0.39, 0.29) is 18.6 Å². The smallest absolute Gasteiger partial charge is 0.358 e. The van der Waals surface area contributed by atoms with Crippen molar-refractivity contribution in [3.05, 3.63) is 95.5 Å². The second-order valence-corrected chi connectivity index (χ2v) is 6.88. The van der Waals surface area contributed by atoms with E-state index in [0.717, 1.165) is 23.5 Å². The van der Waals surface area contributed by atoms with Crippen LogP contribution in [0.1, 0.15) is 16.8 Å². The summed E-state index contributed by atoms with van der Waals surface area (Å²) >= 11 is 0. The molecule has 0 bridgehead atoms. The van der Waals surface area contributed by atoms with E-state index in [1.807, 2.05) is 53.9 Å². The Morgan fingerprint density at radius 2 is 2.10 bits per heavy atom. The van der Waals surface area contributed by atoms with Crippen LogP contribution in [0.3, 0.4) is 0 Å². The first kappa shape index (κ1) is 19.7. The van der Waals surface area contributed by atoms with Crippen molar-refractivity contribution in [3.8, 4) is 0 Å². The Bertz CT molecular complexity index is 1010. The van der Waals surface area contributed by atoms with Crippen LogP contribution in [0.4, 0.5) is 13.2 Å². The molecule has 9 heteroatoms. The molecule has 154 valence electrons. The molecular formula is C21H19F3N5O+. The molecule has 1 atom stereocenters. The van der Waals surface area contributed by atoms with E-state index in [9.17, 15) is 18.0 Å². The normalized spacial score (nSPS) is 17.7. The molecule has 0 fully saturated rings. The highest BCUT2D eigenvalue weighted by atomic mass is 19.4. The van der Waals surface area contributed by atoms with E-state index in [0.29, 0.717) is 17.7 Å². The molecule has 2 aromatic heterocycles. The van der Waals surface area contributed by atoms with Crippen LogP contribution in [0.5, 0.6) is 0 Å². The Morgan fingerprint density at radius 1 is 1.23 bits per heavy atom. The number of nitrogens with zero attached hydrogens (tertiary/aromatic N) is 2. The van der Waals surface area contributed by atoms with Gasteiger partial charge in [-0.25, -0.2) is 4.98 Å². The zero-order chi connectivity index (χ0) is 21.1. The van der Waals surface area contributed by atoms with Gasteiger partial charge in [-0.05, 0) is 29.8 Å². The van der Waals surface area contributed by atoms with Gasteiger partial charge in [0.15, 0.2) is 12.4 Å². The highest BCUT2D eigenvalue weighted by molar-refractivity contribution is 5.94. The lowest BCUT2D eigenvalue weighted by molar-refractivity contribution is -0.378. The zero-order valence-corrected chi connectivity index (χ0v) is 15.8. The maximum absolute atomic E-state index is 12.8. The molecule has 1 unspecified atom stereocenters. The molecule has 4 heterocycles. The van der Waals surface area contributed by atoms with Gasteiger partial charge >= 0.3 is 6.18 Å². The predicted octanol–water partition coefficient (Wildman–Crippen LogP) is 2.30. The van der Waals surface area contributed by atoms with Crippen LogP contribution in [0, 0.1) is 0 Å². The van der Waals surface area contributed by atoms with Crippen molar-refractivity contribution in [2.45, 2.75) is 25.3 Å². The van der Waals surface area contributed by atoms with Gasteiger partial charge in [-0.1, -0.05) is 12.1 Å². The van der Waals surface area contributed by atoms with Gasteiger partial charge in [0.1, 0.15) is 17.6 Å². The van der Waals surface area contributed by atoms with Crippen LogP contribution in [0.25, 0.3) is 0 Å². The number of nitrogens with one attached hydrogen (secondary N) is 3. The lowest BCUT2D eigenvalue weighted by atomic mass is 10.1. The Labute approximate surface area is 170 Å². The topological polar surface area (TPSA) is 71.4 Å². The molecule has 1 amide bonds. The second kappa shape index (κ2) is 8.02. The van der Waals surface area contributed by atoms with Gasteiger partial charge in [-0.2, -0.15) is 13.2 Å². The summed E-state index contributed by atoms with van der Waals surface area (Å²) in [6.45, 7) is 0.0697. The van der Waals surface area contributed by atoms with E-state index in [1.54, 1.807) is 0 Å². The number of rotatable bonds is 5. The number of aromatic amines is 1. The average Bonchev–Trinajstić information content (AvgIpc) is 3.11. The van der Waals surface area contributed by atoms with Crippen molar-refractivity contribution in [1.82, 2.24) is 20.5 Å². The Hall–Kier alpha value is -3.62. The van der Waals surface area contributed by atoms with Crippen molar-refractivity contribution >= 4 is 5.91 Å². The van der Waals surface area contributed by atoms with Crippen molar-refractivity contribution in [3.63, 3.8) is 0 Å². The predicted molar refractivity (Wildman–Crippen MR) is 102 cm³/mol. The minimum Gasteiger partial charge on any atom is -0.358 e. The standard InChI is InChI=1S/C21H18F3N5O/c22-21(23,24)17-7-6-15(12-26-17)13-27-20(30)19-16-5-1-2-9-29(16)18(28-19)10-14-4-3-8-25-11-14/h1-9,11-12,18,28H,10,13H2,(H,27,30)/p+1. The molecule has 2 aliphatic rings. The highest BCUT2D eigenvalue weighted by Crippen LogP contribution is 2.28. The van der Waals surface area contributed by atoms with E-state index < -0.39 is 11.9 Å². The summed E-state index contributed by atoms with van der Waals surface area (Å²) in [6, 6.07) is 6.12. The van der Waals surface area contributed by atoms with Crippen molar-refractivity contribution in [1.29, 1.82) is 0 Å². The lowest BCUT2D eigenvalue weighted by Gasteiger charge is -2.25. The van der Waals surface area contributed by atoms with Crippen LogP contribution < -0.4 is 15.6 Å². The lowest BCUT2D eigenvalue weighted by Crippen LogP contribution is -2.38. The number of carbonyl (C=O) groups is 1. The van der Waals surface area contributed by atoms with Crippen molar-refractivity contribution < 1.29 is 22.9 Å². The summed E-state index contributed by atoms with van der Waals surface area (Å²) in [5.74, 6) is -0.336. The quantitative estimate of drug-likeness (QED) is 0.788. The van der Waals surface area contributed by atoms with Gasteiger partial charge in [0, 0.05) is 37.0 Å². The Balaban J connectivity index is 1.44. The molecular weight excluding hydrogens is 395 g/mol. The van der Waals surface area contributed by atoms with Gasteiger partial charge < -0.3 is 15.5 Å². The van der Waals surface area contributed by atoms with Crippen LogP contribution in [-0.2, 0) is 23.9 Å². The monoisotopic (exact) mass is 414 g/mol. The highest BCUT2D eigenvalue weighted by Gasteiger charge is 2.34. The molecule has 6 nitrogen and oxygen atoms in total. The molecule has 0 aliphatic carbocycles. The minimum absolute atomic E-state index is 0.0697. The zero-order valence-electron chi connectivity index (χ0n) is 15.8. The summed E-state index contributed by atoms with van der Waals surface area (Å²) in [7, 11) is 0. The van der Waals surface area contributed by atoms with E-state index >= 15 is 0 Å². The maximum Gasteiger partial charge on any atom is 0.433 e. The number of amides is 1. The van der Waals surface area contributed by atoms with Crippen LogP contribution in [0.15, 0.2) is 78.7 Å². The summed E-state index contributed by atoms with van der Waals surface area (Å²) in [6.07, 6.45) is 8.38. The van der Waals surface area contributed by atoms with Gasteiger partial charge in [0.25, 0.3) is 5.91 Å². The van der Waals surface area contributed by atoms with Gasteiger partial charge in [0.05, 0.1) is 5.70 Å². The Kier molecular flexibility index (Phi) is 5.26. The fourth-order valence-electron chi connectivity index (χ4n) is 3.33. The fraction of sp³-hybridized carbons (Fsp3) is 0.190. The summed E-state index contributed by atoms with van der Waals surface area (Å²) in [5, 5.41) is 6.00. The van der Waals surface area contributed by atoms with Crippen LogP contribution >= 0.6 is 0 Å². The number of allylic oxidation sites excluding steroid dienone is 3. The molecule has 3 N–H and O–H groups in total. The number of hydrogen-bond donors (Lipinski definition) is 2. The number of alkyl halides is 3. The molecule has 2 aromatic rings. The molecule has 4 rings (SSSR count). The third kappa shape index (κ3) is 4.19. The number of aromatic nitrogens is 2. The van der Waals surface area contributed by atoms with E-state index in [1.165, 1.54) is 6.07 Å². The maximum atomic E-state index is 12.8. The first-order valence-corrected chi connectivity index (χ1v) is 9.31. The van der Waals surface area contributed by atoms with Crippen molar-refractivity contribution in [2.75, 3.05) is 0 Å². The van der Waals surface area contributed by atoms with Crippen molar-refractivity contribution in [2.24, 2.45) is 0 Å². The summed E-state index contributed by atoms with van der Waals surface area (Å²) in [4.78, 5) is 21.2. The first-order chi connectivity index (χ1) is 14.4. The largest absolute Gasteiger partial charge is 0.433 e.